The van der Waals surface area contributed by atoms with Crippen LogP contribution in [0.2, 0.25) is 0 Å². The van der Waals surface area contributed by atoms with Crippen molar-refractivity contribution in [3.8, 4) is 0 Å². The van der Waals surface area contributed by atoms with Gasteiger partial charge in [0.1, 0.15) is 0 Å². The summed E-state index contributed by atoms with van der Waals surface area (Å²) < 4.78 is 0. The third kappa shape index (κ3) is 2.22. The van der Waals surface area contributed by atoms with Crippen LogP contribution < -0.4 is 5.32 Å². The maximum atomic E-state index is 12.6. The van der Waals surface area contributed by atoms with E-state index in [1.54, 1.807) is 0 Å². The monoisotopic (exact) mass is 251 g/mol. The quantitative estimate of drug-likeness (QED) is 0.708. The van der Waals surface area contributed by atoms with E-state index in [0.29, 0.717) is 18.0 Å². The highest BCUT2D eigenvalue weighted by molar-refractivity contribution is 5.75. The van der Waals surface area contributed by atoms with Crippen LogP contribution in [0.3, 0.4) is 0 Å². The summed E-state index contributed by atoms with van der Waals surface area (Å²) in [7, 11) is 0. The van der Waals surface area contributed by atoms with Crippen LogP contribution in [0.25, 0.3) is 0 Å². The van der Waals surface area contributed by atoms with Gasteiger partial charge in [-0.05, 0) is 37.5 Å². The highest BCUT2D eigenvalue weighted by Gasteiger charge is 2.39. The second-order valence-corrected chi connectivity index (χ2v) is 6.27. The molecule has 0 saturated carbocycles. The Morgan fingerprint density at radius 1 is 1.11 bits per heavy atom. The van der Waals surface area contributed by atoms with E-state index >= 15 is 0 Å². The van der Waals surface area contributed by atoms with Gasteiger partial charge >= 0.3 is 6.03 Å². The number of piperidine rings is 2. The molecule has 18 heavy (non-hydrogen) atoms. The highest BCUT2D eigenvalue weighted by Crippen LogP contribution is 2.28. The summed E-state index contributed by atoms with van der Waals surface area (Å²) in [5.41, 5.74) is 0. The van der Waals surface area contributed by atoms with Gasteiger partial charge in [0.25, 0.3) is 0 Å². The molecule has 3 aliphatic rings. The van der Waals surface area contributed by atoms with Crippen LogP contribution >= 0.6 is 0 Å². The van der Waals surface area contributed by atoms with Crippen LogP contribution in [0, 0.1) is 11.8 Å². The van der Waals surface area contributed by atoms with Crippen LogP contribution in [0.15, 0.2) is 0 Å². The SMILES string of the molecule is CC1CCN(C(=O)N2CCCC3CNCC32)CC1. The molecule has 1 N–H and O–H groups in total. The number of amides is 2. The molecule has 2 amide bonds. The number of hydrogen-bond donors (Lipinski definition) is 1. The van der Waals surface area contributed by atoms with Gasteiger partial charge in [0.2, 0.25) is 0 Å². The average molecular weight is 251 g/mol. The molecule has 0 aromatic carbocycles. The Bertz CT molecular complexity index is 312. The number of urea groups is 1. The predicted molar refractivity (Wildman–Crippen MR) is 71.5 cm³/mol. The van der Waals surface area contributed by atoms with Crippen molar-refractivity contribution in [2.75, 3.05) is 32.7 Å². The molecule has 4 nitrogen and oxygen atoms in total. The maximum absolute atomic E-state index is 12.6. The lowest BCUT2D eigenvalue weighted by atomic mass is 9.92. The minimum atomic E-state index is 0.306. The standard InChI is InChI=1S/C14H25N3O/c1-11-4-7-16(8-5-11)14(18)17-6-2-3-12-9-15-10-13(12)17/h11-13,15H,2-10H2,1H3. The fraction of sp³-hybridized carbons (Fsp3) is 0.929. The number of carbonyl (C=O) groups excluding carboxylic acids is 1. The van der Waals surface area contributed by atoms with Crippen LogP contribution in [0.5, 0.6) is 0 Å². The van der Waals surface area contributed by atoms with E-state index in [2.05, 4.69) is 22.0 Å². The zero-order chi connectivity index (χ0) is 12.5. The highest BCUT2D eigenvalue weighted by atomic mass is 16.2. The van der Waals surface area contributed by atoms with Crippen molar-refractivity contribution in [3.63, 3.8) is 0 Å². The van der Waals surface area contributed by atoms with Gasteiger partial charge in [0, 0.05) is 38.8 Å². The topological polar surface area (TPSA) is 35.6 Å². The summed E-state index contributed by atoms with van der Waals surface area (Å²) in [6, 6.07) is 0.769. The first-order valence-corrected chi connectivity index (χ1v) is 7.52. The van der Waals surface area contributed by atoms with Gasteiger partial charge < -0.3 is 15.1 Å². The Morgan fingerprint density at radius 2 is 1.89 bits per heavy atom. The minimum absolute atomic E-state index is 0.306. The molecule has 3 heterocycles. The molecule has 0 bridgehead atoms. The molecule has 3 fully saturated rings. The van der Waals surface area contributed by atoms with Crippen molar-refractivity contribution in [1.29, 1.82) is 0 Å². The van der Waals surface area contributed by atoms with Gasteiger partial charge in [0.05, 0.1) is 0 Å². The summed E-state index contributed by atoms with van der Waals surface area (Å²) in [6.45, 7) is 7.28. The molecule has 3 aliphatic heterocycles. The van der Waals surface area contributed by atoms with Gasteiger partial charge in [-0.15, -0.1) is 0 Å². The Kier molecular flexibility index (Phi) is 3.46. The van der Waals surface area contributed by atoms with Crippen molar-refractivity contribution in [1.82, 2.24) is 15.1 Å². The van der Waals surface area contributed by atoms with Gasteiger partial charge in [-0.2, -0.15) is 0 Å². The van der Waals surface area contributed by atoms with E-state index < -0.39 is 0 Å². The second kappa shape index (κ2) is 5.08. The Morgan fingerprint density at radius 3 is 2.67 bits per heavy atom. The normalized spacial score (nSPS) is 33.6. The first-order valence-electron chi connectivity index (χ1n) is 7.52. The van der Waals surface area contributed by atoms with E-state index in [1.165, 1.54) is 25.7 Å². The first kappa shape index (κ1) is 12.3. The Labute approximate surface area is 110 Å². The summed E-state index contributed by atoms with van der Waals surface area (Å²) in [5.74, 6) is 1.49. The van der Waals surface area contributed by atoms with Crippen molar-refractivity contribution >= 4 is 6.03 Å². The largest absolute Gasteiger partial charge is 0.325 e. The van der Waals surface area contributed by atoms with Crippen molar-refractivity contribution < 1.29 is 4.79 Å². The minimum Gasteiger partial charge on any atom is -0.325 e. The fourth-order valence-electron chi connectivity index (χ4n) is 3.69. The number of hydrogen-bond acceptors (Lipinski definition) is 2. The van der Waals surface area contributed by atoms with Crippen LogP contribution in [0.4, 0.5) is 4.79 Å². The molecule has 102 valence electrons. The van der Waals surface area contributed by atoms with Gasteiger partial charge in [0.15, 0.2) is 0 Å². The summed E-state index contributed by atoms with van der Waals surface area (Å²) in [4.78, 5) is 16.9. The lowest BCUT2D eigenvalue weighted by Gasteiger charge is -2.41. The summed E-state index contributed by atoms with van der Waals surface area (Å²) >= 11 is 0. The Hall–Kier alpha value is -0.770. The van der Waals surface area contributed by atoms with Crippen LogP contribution in [-0.2, 0) is 0 Å². The third-order valence-corrected chi connectivity index (χ3v) is 4.98. The number of fused-ring (bicyclic) bond motifs is 1. The molecule has 2 unspecified atom stereocenters. The molecule has 0 aromatic heterocycles. The molecule has 2 atom stereocenters. The van der Waals surface area contributed by atoms with E-state index in [-0.39, 0.29) is 0 Å². The Balaban J connectivity index is 1.64. The van der Waals surface area contributed by atoms with Crippen molar-refractivity contribution in [2.24, 2.45) is 11.8 Å². The van der Waals surface area contributed by atoms with Crippen LogP contribution in [-0.4, -0.2) is 54.6 Å². The van der Waals surface area contributed by atoms with E-state index in [9.17, 15) is 4.79 Å². The molecule has 0 radical (unpaired) electrons. The molecule has 0 aromatic rings. The zero-order valence-corrected chi connectivity index (χ0v) is 11.4. The molecular weight excluding hydrogens is 226 g/mol. The predicted octanol–water partition coefficient (Wildman–Crippen LogP) is 1.52. The van der Waals surface area contributed by atoms with Crippen LogP contribution in [0.1, 0.15) is 32.6 Å². The smallest absolute Gasteiger partial charge is 0.320 e. The van der Waals surface area contributed by atoms with Gasteiger partial charge in [-0.1, -0.05) is 6.92 Å². The number of nitrogens with zero attached hydrogens (tertiary/aromatic N) is 2. The van der Waals surface area contributed by atoms with Gasteiger partial charge in [-0.3, -0.25) is 0 Å². The zero-order valence-electron chi connectivity index (χ0n) is 11.4. The second-order valence-electron chi connectivity index (χ2n) is 6.27. The van der Waals surface area contributed by atoms with Crippen molar-refractivity contribution in [3.05, 3.63) is 0 Å². The molecule has 0 aliphatic carbocycles. The third-order valence-electron chi connectivity index (χ3n) is 4.98. The lowest BCUT2D eigenvalue weighted by Crippen LogP contribution is -2.54. The molecular formula is C14H25N3O. The number of likely N-dealkylation sites (tertiary alicyclic amines) is 2. The fourth-order valence-corrected chi connectivity index (χ4v) is 3.69. The average Bonchev–Trinajstić information content (AvgIpc) is 2.87. The van der Waals surface area contributed by atoms with Crippen molar-refractivity contribution in [2.45, 2.75) is 38.6 Å². The maximum Gasteiger partial charge on any atom is 0.320 e. The number of carbonyl (C=O) groups is 1. The molecule has 4 heteroatoms. The molecule has 0 spiro atoms. The molecule has 3 rings (SSSR count). The number of nitrogens with one attached hydrogen (secondary N) is 1. The molecule has 3 saturated heterocycles. The van der Waals surface area contributed by atoms with Gasteiger partial charge in [-0.25, -0.2) is 4.79 Å². The van der Waals surface area contributed by atoms with E-state index in [0.717, 1.165) is 38.6 Å². The number of rotatable bonds is 0. The van der Waals surface area contributed by atoms with E-state index in [1.807, 2.05) is 0 Å². The van der Waals surface area contributed by atoms with E-state index in [4.69, 9.17) is 0 Å². The summed E-state index contributed by atoms with van der Waals surface area (Å²) in [5, 5.41) is 3.45. The summed E-state index contributed by atoms with van der Waals surface area (Å²) in [6.07, 6.45) is 4.81. The first-order chi connectivity index (χ1) is 8.75. The lowest BCUT2D eigenvalue weighted by molar-refractivity contribution is 0.0939.